The topological polar surface area (TPSA) is 55.9 Å². The summed E-state index contributed by atoms with van der Waals surface area (Å²) in [5.41, 5.74) is 4.88. The molecule has 1 N–H and O–H groups in total. The molecule has 0 bridgehead atoms. The predicted molar refractivity (Wildman–Crippen MR) is 69.0 cm³/mol. The number of benzene rings is 1. The maximum absolute atomic E-state index is 5.34. The minimum Gasteiger partial charge on any atom is -0.443 e. The van der Waals surface area contributed by atoms with Crippen LogP contribution in [0.3, 0.4) is 0 Å². The third-order valence-corrected chi connectivity index (χ3v) is 2.96. The van der Waals surface area contributed by atoms with Crippen LogP contribution in [0.2, 0.25) is 0 Å². The molecule has 18 heavy (non-hydrogen) atoms. The number of hydrogen-bond donors (Lipinski definition) is 1. The number of rotatable bonds is 3. The van der Waals surface area contributed by atoms with Gasteiger partial charge in [-0.15, -0.1) is 0 Å². The van der Waals surface area contributed by atoms with E-state index in [1.807, 2.05) is 43.2 Å². The molecule has 0 atom stereocenters. The van der Waals surface area contributed by atoms with Gasteiger partial charge in [-0.25, -0.2) is 9.97 Å². The van der Waals surface area contributed by atoms with Crippen molar-refractivity contribution in [3.05, 3.63) is 36.6 Å². The third kappa shape index (κ3) is 1.69. The average Bonchev–Trinajstić information content (AvgIpc) is 2.96. The van der Waals surface area contributed by atoms with Gasteiger partial charge in [0.15, 0.2) is 12.0 Å². The van der Waals surface area contributed by atoms with Crippen LogP contribution in [0.4, 0.5) is 0 Å². The van der Waals surface area contributed by atoms with E-state index < -0.39 is 0 Å². The standard InChI is InChI=1S/C13H14N4O/c1-14-6-11-13(17(2)7-15-11)9-3-4-10-12(5-9)18-8-16-10/h3-5,7-8,14H,6H2,1-2H3. The largest absolute Gasteiger partial charge is 0.443 e. The highest BCUT2D eigenvalue weighted by Gasteiger charge is 2.11. The lowest BCUT2D eigenvalue weighted by atomic mass is 10.1. The lowest BCUT2D eigenvalue weighted by Crippen LogP contribution is -2.07. The SMILES string of the molecule is CNCc1ncn(C)c1-c1ccc2ncoc2c1. The molecule has 0 spiro atoms. The van der Waals surface area contributed by atoms with Crippen molar-refractivity contribution in [2.24, 2.45) is 7.05 Å². The van der Waals surface area contributed by atoms with Gasteiger partial charge in [-0.05, 0) is 19.2 Å². The number of oxazole rings is 1. The van der Waals surface area contributed by atoms with E-state index in [1.165, 1.54) is 6.39 Å². The molecule has 1 aromatic carbocycles. The summed E-state index contributed by atoms with van der Waals surface area (Å²) in [5, 5.41) is 3.13. The van der Waals surface area contributed by atoms with Gasteiger partial charge in [0.2, 0.25) is 0 Å². The van der Waals surface area contributed by atoms with Gasteiger partial charge in [-0.3, -0.25) is 0 Å². The number of aromatic nitrogens is 3. The molecular formula is C13H14N4O. The Balaban J connectivity index is 2.15. The Bertz CT molecular complexity index is 683. The Morgan fingerprint density at radius 2 is 2.22 bits per heavy atom. The highest BCUT2D eigenvalue weighted by Crippen LogP contribution is 2.26. The fraction of sp³-hybridized carbons (Fsp3) is 0.231. The fourth-order valence-corrected chi connectivity index (χ4v) is 2.15. The first kappa shape index (κ1) is 11.0. The van der Waals surface area contributed by atoms with E-state index in [4.69, 9.17) is 4.42 Å². The van der Waals surface area contributed by atoms with Gasteiger partial charge < -0.3 is 14.3 Å². The molecule has 5 heteroatoms. The molecule has 5 nitrogen and oxygen atoms in total. The average molecular weight is 242 g/mol. The van der Waals surface area contributed by atoms with E-state index in [9.17, 15) is 0 Å². The fourth-order valence-electron chi connectivity index (χ4n) is 2.15. The van der Waals surface area contributed by atoms with E-state index in [1.54, 1.807) is 0 Å². The highest BCUT2D eigenvalue weighted by molar-refractivity contribution is 5.79. The lowest BCUT2D eigenvalue weighted by Gasteiger charge is -2.06. The van der Waals surface area contributed by atoms with E-state index in [2.05, 4.69) is 15.3 Å². The van der Waals surface area contributed by atoms with Crippen molar-refractivity contribution in [3.8, 4) is 11.3 Å². The zero-order valence-electron chi connectivity index (χ0n) is 10.3. The van der Waals surface area contributed by atoms with Gasteiger partial charge >= 0.3 is 0 Å². The quantitative estimate of drug-likeness (QED) is 0.762. The van der Waals surface area contributed by atoms with Crippen LogP contribution in [-0.2, 0) is 13.6 Å². The molecule has 0 unspecified atom stereocenters. The summed E-state index contributed by atoms with van der Waals surface area (Å²) in [6, 6.07) is 6.00. The second-order valence-electron chi connectivity index (χ2n) is 4.22. The molecule has 2 heterocycles. The Kier molecular flexibility index (Phi) is 2.60. The first-order valence-electron chi connectivity index (χ1n) is 5.78. The van der Waals surface area contributed by atoms with Crippen LogP contribution in [0.25, 0.3) is 22.4 Å². The van der Waals surface area contributed by atoms with Gasteiger partial charge in [0.25, 0.3) is 0 Å². The molecular weight excluding hydrogens is 228 g/mol. The van der Waals surface area contributed by atoms with Crippen molar-refractivity contribution in [3.63, 3.8) is 0 Å². The van der Waals surface area contributed by atoms with E-state index in [-0.39, 0.29) is 0 Å². The van der Waals surface area contributed by atoms with E-state index in [0.717, 1.165) is 34.6 Å². The minimum atomic E-state index is 0.741. The Morgan fingerprint density at radius 1 is 1.33 bits per heavy atom. The molecule has 0 aliphatic heterocycles. The first-order chi connectivity index (χ1) is 8.79. The zero-order chi connectivity index (χ0) is 12.5. The van der Waals surface area contributed by atoms with E-state index >= 15 is 0 Å². The van der Waals surface area contributed by atoms with Crippen LogP contribution in [0.5, 0.6) is 0 Å². The Hall–Kier alpha value is -2.14. The number of nitrogens with zero attached hydrogens (tertiary/aromatic N) is 3. The molecule has 92 valence electrons. The molecule has 0 amide bonds. The second-order valence-corrected chi connectivity index (χ2v) is 4.22. The molecule has 0 radical (unpaired) electrons. The first-order valence-corrected chi connectivity index (χ1v) is 5.78. The van der Waals surface area contributed by atoms with Gasteiger partial charge in [0, 0.05) is 19.2 Å². The molecule has 3 aromatic rings. The maximum Gasteiger partial charge on any atom is 0.181 e. The Morgan fingerprint density at radius 3 is 3.06 bits per heavy atom. The van der Waals surface area contributed by atoms with Crippen LogP contribution in [0, 0.1) is 0 Å². The molecule has 3 rings (SSSR count). The zero-order valence-corrected chi connectivity index (χ0v) is 10.3. The summed E-state index contributed by atoms with van der Waals surface area (Å²) < 4.78 is 7.36. The van der Waals surface area contributed by atoms with Gasteiger partial charge in [0.05, 0.1) is 17.7 Å². The summed E-state index contributed by atoms with van der Waals surface area (Å²) in [6.45, 7) is 0.741. The smallest absolute Gasteiger partial charge is 0.181 e. The molecule has 0 saturated heterocycles. The monoisotopic (exact) mass is 242 g/mol. The molecule has 2 aromatic heterocycles. The second kappa shape index (κ2) is 4.27. The van der Waals surface area contributed by atoms with Crippen molar-refractivity contribution in [2.75, 3.05) is 7.05 Å². The molecule has 0 saturated carbocycles. The van der Waals surface area contributed by atoms with Gasteiger partial charge in [0.1, 0.15) is 5.52 Å². The van der Waals surface area contributed by atoms with Gasteiger partial charge in [-0.2, -0.15) is 0 Å². The molecule has 0 aliphatic carbocycles. The van der Waals surface area contributed by atoms with Crippen LogP contribution < -0.4 is 5.32 Å². The van der Waals surface area contributed by atoms with Crippen molar-refractivity contribution in [1.29, 1.82) is 0 Å². The summed E-state index contributed by atoms with van der Waals surface area (Å²) in [5.74, 6) is 0. The Labute approximate surface area is 104 Å². The molecule has 0 fully saturated rings. The number of hydrogen-bond acceptors (Lipinski definition) is 4. The van der Waals surface area contributed by atoms with Crippen molar-refractivity contribution >= 4 is 11.1 Å². The predicted octanol–water partition coefficient (Wildman–Crippen LogP) is 1.95. The maximum atomic E-state index is 5.34. The summed E-state index contributed by atoms with van der Waals surface area (Å²) in [4.78, 5) is 8.52. The normalized spacial score (nSPS) is 11.2. The lowest BCUT2D eigenvalue weighted by molar-refractivity contribution is 0.602. The molecule has 0 aliphatic rings. The summed E-state index contributed by atoms with van der Waals surface area (Å²) in [7, 11) is 3.91. The third-order valence-electron chi connectivity index (χ3n) is 2.96. The number of aryl methyl sites for hydroxylation is 1. The van der Waals surface area contributed by atoms with E-state index in [0.29, 0.717) is 0 Å². The van der Waals surface area contributed by atoms with Crippen molar-refractivity contribution in [1.82, 2.24) is 19.9 Å². The highest BCUT2D eigenvalue weighted by atomic mass is 16.3. The summed E-state index contributed by atoms with van der Waals surface area (Å²) >= 11 is 0. The van der Waals surface area contributed by atoms with Gasteiger partial charge in [-0.1, -0.05) is 6.07 Å². The van der Waals surface area contributed by atoms with Crippen LogP contribution in [0.1, 0.15) is 5.69 Å². The number of fused-ring (bicyclic) bond motifs is 1. The van der Waals surface area contributed by atoms with Crippen LogP contribution >= 0.6 is 0 Å². The van der Waals surface area contributed by atoms with Crippen molar-refractivity contribution in [2.45, 2.75) is 6.54 Å². The van der Waals surface area contributed by atoms with Crippen LogP contribution in [0.15, 0.2) is 35.3 Å². The minimum absolute atomic E-state index is 0.741. The number of imidazole rings is 1. The summed E-state index contributed by atoms with van der Waals surface area (Å²) in [6.07, 6.45) is 3.29. The number of nitrogens with one attached hydrogen (secondary N) is 1. The van der Waals surface area contributed by atoms with Crippen LogP contribution in [-0.4, -0.2) is 21.6 Å². The van der Waals surface area contributed by atoms with Crippen molar-refractivity contribution < 1.29 is 4.42 Å².